The van der Waals surface area contributed by atoms with Crippen molar-refractivity contribution in [2.75, 3.05) is 26.2 Å². The van der Waals surface area contributed by atoms with Crippen molar-refractivity contribution in [1.82, 2.24) is 50.2 Å². The van der Waals surface area contributed by atoms with E-state index in [1.807, 2.05) is 9.36 Å². The molecule has 1 saturated heterocycles. The van der Waals surface area contributed by atoms with Crippen molar-refractivity contribution in [3.05, 3.63) is 11.6 Å². The standard InChI is InChI=1S/C15H28N10/c1-3-6-24-14(16-18-20-24)12-22-8-5-9-23(11-10-22)13-15-17-19-21-25(15)7-4-2/h3-13H2,1-2H3. The Morgan fingerprint density at radius 1 is 0.720 bits per heavy atom. The van der Waals surface area contributed by atoms with Crippen LogP contribution < -0.4 is 0 Å². The molecular formula is C15H28N10. The van der Waals surface area contributed by atoms with Gasteiger partial charge in [0.15, 0.2) is 11.6 Å². The van der Waals surface area contributed by atoms with Crippen molar-refractivity contribution in [1.29, 1.82) is 0 Å². The van der Waals surface area contributed by atoms with Gasteiger partial charge in [-0.3, -0.25) is 9.80 Å². The number of aryl methyl sites for hydroxylation is 2. The molecule has 0 aromatic carbocycles. The van der Waals surface area contributed by atoms with Crippen molar-refractivity contribution in [2.45, 2.75) is 59.3 Å². The highest BCUT2D eigenvalue weighted by atomic mass is 15.6. The molecule has 1 aliphatic rings. The maximum absolute atomic E-state index is 4.19. The van der Waals surface area contributed by atoms with Crippen LogP contribution in [0.15, 0.2) is 0 Å². The average molecular weight is 348 g/mol. The first-order valence-corrected chi connectivity index (χ1v) is 9.25. The number of nitrogens with zero attached hydrogens (tertiary/aromatic N) is 10. The third-order valence-corrected chi connectivity index (χ3v) is 4.49. The van der Waals surface area contributed by atoms with Crippen LogP contribution in [0, 0.1) is 0 Å². The molecule has 10 heteroatoms. The fourth-order valence-electron chi connectivity index (χ4n) is 3.18. The normalized spacial score (nSPS) is 17.0. The number of hydrogen-bond donors (Lipinski definition) is 0. The molecular weight excluding hydrogens is 320 g/mol. The van der Waals surface area contributed by atoms with Gasteiger partial charge in [0, 0.05) is 26.2 Å². The summed E-state index contributed by atoms with van der Waals surface area (Å²) in [5, 5.41) is 24.2. The number of tetrazole rings is 2. The summed E-state index contributed by atoms with van der Waals surface area (Å²) in [6.45, 7) is 11.8. The Morgan fingerprint density at radius 3 is 1.64 bits per heavy atom. The van der Waals surface area contributed by atoms with E-state index in [-0.39, 0.29) is 0 Å². The quantitative estimate of drug-likeness (QED) is 0.667. The van der Waals surface area contributed by atoms with Crippen LogP contribution in [0.3, 0.4) is 0 Å². The molecule has 10 nitrogen and oxygen atoms in total. The van der Waals surface area contributed by atoms with Crippen molar-refractivity contribution in [3.63, 3.8) is 0 Å². The van der Waals surface area contributed by atoms with E-state index < -0.39 is 0 Å². The van der Waals surface area contributed by atoms with Crippen molar-refractivity contribution in [2.24, 2.45) is 0 Å². The van der Waals surface area contributed by atoms with Crippen molar-refractivity contribution < 1.29 is 0 Å². The number of aromatic nitrogens is 8. The zero-order chi connectivity index (χ0) is 17.5. The highest BCUT2D eigenvalue weighted by Crippen LogP contribution is 2.10. The SMILES string of the molecule is CCCn1nnnc1CN1CCCN(Cc2nnnn2CCC)CC1. The molecule has 2 aromatic heterocycles. The Hall–Kier alpha value is -1.94. The lowest BCUT2D eigenvalue weighted by Crippen LogP contribution is -2.32. The van der Waals surface area contributed by atoms with E-state index in [1.165, 1.54) is 0 Å². The lowest BCUT2D eigenvalue weighted by molar-refractivity contribution is 0.235. The minimum absolute atomic E-state index is 0.814. The summed E-state index contributed by atoms with van der Waals surface area (Å²) < 4.78 is 3.84. The Labute approximate surface area is 148 Å². The van der Waals surface area contributed by atoms with Gasteiger partial charge in [-0.2, -0.15) is 0 Å². The topological polar surface area (TPSA) is 93.7 Å². The predicted molar refractivity (Wildman–Crippen MR) is 91.4 cm³/mol. The van der Waals surface area contributed by atoms with E-state index in [9.17, 15) is 0 Å². The van der Waals surface area contributed by atoms with Gasteiger partial charge in [0.05, 0.1) is 13.1 Å². The van der Waals surface area contributed by atoms with Gasteiger partial charge >= 0.3 is 0 Å². The highest BCUT2D eigenvalue weighted by molar-refractivity contribution is 4.85. The van der Waals surface area contributed by atoms with E-state index in [4.69, 9.17) is 0 Å². The molecule has 25 heavy (non-hydrogen) atoms. The predicted octanol–water partition coefficient (Wildman–Crippen LogP) is 0.188. The van der Waals surface area contributed by atoms with E-state index in [2.05, 4.69) is 54.7 Å². The third kappa shape index (κ3) is 4.79. The minimum Gasteiger partial charge on any atom is -0.295 e. The molecule has 0 saturated carbocycles. The summed E-state index contributed by atoms with van der Waals surface area (Å²) in [6, 6.07) is 0. The zero-order valence-electron chi connectivity index (χ0n) is 15.3. The molecule has 0 atom stereocenters. The molecule has 1 aliphatic heterocycles. The third-order valence-electron chi connectivity index (χ3n) is 4.49. The first kappa shape index (κ1) is 17.9. The molecule has 0 bridgehead atoms. The molecule has 2 aromatic rings. The van der Waals surface area contributed by atoms with Gasteiger partial charge in [0.2, 0.25) is 0 Å². The van der Waals surface area contributed by atoms with Crippen LogP contribution in [0.2, 0.25) is 0 Å². The maximum atomic E-state index is 4.19. The summed E-state index contributed by atoms with van der Waals surface area (Å²) in [5.74, 6) is 1.92. The van der Waals surface area contributed by atoms with Gasteiger partial charge in [0.1, 0.15) is 0 Å². The smallest absolute Gasteiger partial charge is 0.165 e. The molecule has 3 rings (SSSR count). The van der Waals surface area contributed by atoms with Gasteiger partial charge < -0.3 is 0 Å². The Kier molecular flexibility index (Phi) is 6.40. The summed E-state index contributed by atoms with van der Waals surface area (Å²) in [6.07, 6.45) is 3.21. The molecule has 1 fully saturated rings. The van der Waals surface area contributed by atoms with Crippen LogP contribution in [0.5, 0.6) is 0 Å². The van der Waals surface area contributed by atoms with Crippen molar-refractivity contribution in [3.8, 4) is 0 Å². The number of hydrogen-bond acceptors (Lipinski definition) is 8. The Bertz CT molecular complexity index is 582. The second kappa shape index (κ2) is 8.95. The average Bonchev–Trinajstić information content (AvgIpc) is 3.16. The zero-order valence-corrected chi connectivity index (χ0v) is 15.3. The van der Waals surface area contributed by atoms with Crippen LogP contribution in [0.1, 0.15) is 44.8 Å². The van der Waals surface area contributed by atoms with Crippen LogP contribution in [-0.2, 0) is 26.2 Å². The maximum Gasteiger partial charge on any atom is 0.165 e. The molecule has 0 unspecified atom stereocenters. The van der Waals surface area contributed by atoms with Gasteiger partial charge in [-0.1, -0.05) is 13.8 Å². The minimum atomic E-state index is 0.814. The first-order valence-electron chi connectivity index (χ1n) is 9.25. The van der Waals surface area contributed by atoms with Crippen LogP contribution >= 0.6 is 0 Å². The molecule has 0 spiro atoms. The van der Waals surface area contributed by atoms with E-state index in [0.29, 0.717) is 0 Å². The fraction of sp³-hybridized carbons (Fsp3) is 0.867. The second-order valence-electron chi connectivity index (χ2n) is 6.54. The Balaban J connectivity index is 1.53. The molecule has 3 heterocycles. The van der Waals surface area contributed by atoms with Crippen LogP contribution in [0.4, 0.5) is 0 Å². The lowest BCUT2D eigenvalue weighted by atomic mass is 10.3. The van der Waals surface area contributed by atoms with E-state index in [1.54, 1.807) is 0 Å². The highest BCUT2D eigenvalue weighted by Gasteiger charge is 2.19. The summed E-state index contributed by atoms with van der Waals surface area (Å²) >= 11 is 0. The molecule has 138 valence electrons. The molecule has 0 amide bonds. The first-order chi connectivity index (χ1) is 12.3. The van der Waals surface area contributed by atoms with E-state index >= 15 is 0 Å². The van der Waals surface area contributed by atoms with Crippen LogP contribution in [0.25, 0.3) is 0 Å². The van der Waals surface area contributed by atoms with E-state index in [0.717, 1.165) is 83.3 Å². The molecule has 0 aliphatic carbocycles. The second-order valence-corrected chi connectivity index (χ2v) is 6.54. The van der Waals surface area contributed by atoms with Crippen molar-refractivity contribution >= 4 is 0 Å². The fourth-order valence-corrected chi connectivity index (χ4v) is 3.18. The van der Waals surface area contributed by atoms with Gasteiger partial charge in [-0.05, 0) is 53.2 Å². The van der Waals surface area contributed by atoms with Gasteiger partial charge in [-0.25, -0.2) is 9.36 Å². The summed E-state index contributed by atoms with van der Waals surface area (Å²) in [4.78, 5) is 4.87. The molecule has 0 radical (unpaired) electrons. The van der Waals surface area contributed by atoms with Gasteiger partial charge in [0.25, 0.3) is 0 Å². The molecule has 0 N–H and O–H groups in total. The summed E-state index contributed by atoms with van der Waals surface area (Å²) in [5.41, 5.74) is 0. The summed E-state index contributed by atoms with van der Waals surface area (Å²) in [7, 11) is 0. The van der Waals surface area contributed by atoms with Gasteiger partial charge in [-0.15, -0.1) is 10.2 Å². The largest absolute Gasteiger partial charge is 0.295 e. The lowest BCUT2D eigenvalue weighted by Gasteiger charge is -2.21. The monoisotopic (exact) mass is 348 g/mol. The number of rotatable bonds is 8. The Morgan fingerprint density at radius 2 is 1.20 bits per heavy atom. The van der Waals surface area contributed by atoms with Crippen LogP contribution in [-0.4, -0.2) is 76.4 Å².